The highest BCUT2D eigenvalue weighted by molar-refractivity contribution is 8.06. The van der Waals surface area contributed by atoms with Crippen molar-refractivity contribution < 1.29 is 24.7 Å². The molecule has 0 spiro atoms. The maximum absolute atomic E-state index is 13.0. The van der Waals surface area contributed by atoms with E-state index < -0.39 is 35.2 Å². The van der Waals surface area contributed by atoms with Gasteiger partial charge >= 0.3 is 5.97 Å². The smallest absolute Gasteiger partial charge is 0.353 e. The normalized spacial score (nSPS) is 20.1. The van der Waals surface area contributed by atoms with Gasteiger partial charge in [-0.2, -0.15) is 17.2 Å². The number of anilines is 1. The van der Waals surface area contributed by atoms with Gasteiger partial charge in [0.05, 0.1) is 5.69 Å². The minimum absolute atomic E-state index is 0.0965. The number of rotatable bonds is 11. The van der Waals surface area contributed by atoms with Gasteiger partial charge in [0.25, 0.3) is 5.91 Å². The molecule has 2 amide bonds. The zero-order chi connectivity index (χ0) is 25.8. The molecule has 16 heteroatoms. The standard InChI is InChI=1S/C20H23N7O5S4/c21-2-4-33-6-9-5-23-3-1-11(9)36-12-8-34-18-14(17(29)27(18)15(12)19(30)31)25-16(28)13(26-32)10-7-35-20(22)24-10/h1,3,5,7,13-14,18,26,32H,2,4,6,8,21H2,(H2,22,24)(H,25,28)(H,30,31)/t13?,14-,18+/m1/s1. The number of carbonyl (C=O) groups is 3. The van der Waals surface area contributed by atoms with Crippen molar-refractivity contribution in [3.05, 3.63) is 45.7 Å². The summed E-state index contributed by atoms with van der Waals surface area (Å²) >= 11 is 5.42. The van der Waals surface area contributed by atoms with Gasteiger partial charge in [0, 0.05) is 51.4 Å². The second-order valence-corrected chi connectivity index (χ2v) is 11.8. The number of amides is 2. The molecule has 0 saturated carbocycles. The molecule has 2 aromatic heterocycles. The molecular formula is C20H23N7O5S4. The highest BCUT2D eigenvalue weighted by Crippen LogP contribution is 2.46. The third kappa shape index (κ3) is 5.49. The first-order valence-corrected chi connectivity index (χ1v) is 14.5. The summed E-state index contributed by atoms with van der Waals surface area (Å²) in [6, 6.07) is -0.350. The van der Waals surface area contributed by atoms with Crippen molar-refractivity contribution in [3.63, 3.8) is 0 Å². The number of pyridine rings is 1. The lowest BCUT2D eigenvalue weighted by atomic mass is 10.0. The Morgan fingerprint density at radius 2 is 2.19 bits per heavy atom. The minimum atomic E-state index is -1.23. The molecule has 1 saturated heterocycles. The van der Waals surface area contributed by atoms with Crippen LogP contribution in [0.3, 0.4) is 0 Å². The monoisotopic (exact) mass is 569 g/mol. The molecule has 4 rings (SSSR count). The van der Waals surface area contributed by atoms with Crippen molar-refractivity contribution in [1.29, 1.82) is 0 Å². The van der Waals surface area contributed by atoms with Gasteiger partial charge < -0.3 is 27.1 Å². The summed E-state index contributed by atoms with van der Waals surface area (Å²) < 4.78 is 0. The molecule has 36 heavy (non-hydrogen) atoms. The lowest BCUT2D eigenvalue weighted by molar-refractivity contribution is -0.151. The number of fused-ring (bicyclic) bond motifs is 1. The number of carboxylic acid groups (broad SMARTS) is 1. The molecule has 192 valence electrons. The molecular weight excluding hydrogens is 547 g/mol. The number of thioether (sulfide) groups is 3. The number of carboxylic acids is 1. The van der Waals surface area contributed by atoms with E-state index in [1.165, 1.54) is 33.8 Å². The number of β-lactam (4-membered cyclic amide) rings is 1. The average molecular weight is 570 g/mol. The predicted octanol–water partition coefficient (Wildman–Crippen LogP) is 0.821. The van der Waals surface area contributed by atoms with Crippen molar-refractivity contribution >= 4 is 69.5 Å². The predicted molar refractivity (Wildman–Crippen MR) is 139 cm³/mol. The molecule has 2 aromatic rings. The molecule has 4 heterocycles. The Labute approximate surface area is 222 Å². The zero-order valence-electron chi connectivity index (χ0n) is 18.6. The quantitative estimate of drug-likeness (QED) is 0.126. The van der Waals surface area contributed by atoms with E-state index in [4.69, 9.17) is 11.5 Å². The lowest BCUT2D eigenvalue weighted by Gasteiger charge is -2.49. The molecule has 3 atom stereocenters. The van der Waals surface area contributed by atoms with Gasteiger partial charge in [-0.15, -0.1) is 23.1 Å². The summed E-state index contributed by atoms with van der Waals surface area (Å²) in [6.07, 6.45) is 3.38. The van der Waals surface area contributed by atoms with Crippen LogP contribution in [-0.2, 0) is 20.1 Å². The van der Waals surface area contributed by atoms with Crippen molar-refractivity contribution in [3.8, 4) is 0 Å². The molecule has 12 nitrogen and oxygen atoms in total. The molecule has 1 fully saturated rings. The van der Waals surface area contributed by atoms with Gasteiger partial charge in [-0.05, 0) is 11.6 Å². The van der Waals surface area contributed by atoms with Crippen LogP contribution >= 0.6 is 46.6 Å². The molecule has 0 radical (unpaired) electrons. The van der Waals surface area contributed by atoms with Crippen molar-refractivity contribution in [2.24, 2.45) is 5.73 Å². The van der Waals surface area contributed by atoms with Crippen LogP contribution in [0.4, 0.5) is 5.13 Å². The third-order valence-electron chi connectivity index (χ3n) is 5.27. The van der Waals surface area contributed by atoms with Gasteiger partial charge in [0.1, 0.15) is 17.1 Å². The molecule has 1 unspecified atom stereocenters. The number of aromatic nitrogens is 2. The maximum Gasteiger partial charge on any atom is 0.353 e. The van der Waals surface area contributed by atoms with E-state index in [0.29, 0.717) is 23.0 Å². The number of aliphatic carboxylic acids is 1. The molecule has 2 aliphatic rings. The van der Waals surface area contributed by atoms with E-state index in [0.717, 1.165) is 27.5 Å². The Morgan fingerprint density at radius 3 is 2.86 bits per heavy atom. The Hall–Kier alpha value is -2.34. The van der Waals surface area contributed by atoms with Crippen LogP contribution in [0.2, 0.25) is 0 Å². The Bertz CT molecular complexity index is 1190. The molecule has 8 N–H and O–H groups in total. The van der Waals surface area contributed by atoms with Crippen molar-refractivity contribution in [1.82, 2.24) is 25.7 Å². The number of nitrogen functional groups attached to an aromatic ring is 1. The molecule has 2 aliphatic heterocycles. The minimum Gasteiger partial charge on any atom is -0.477 e. The number of nitrogens with one attached hydrogen (secondary N) is 2. The average Bonchev–Trinajstić information content (AvgIpc) is 3.29. The van der Waals surface area contributed by atoms with Crippen LogP contribution < -0.4 is 22.3 Å². The van der Waals surface area contributed by atoms with Crippen LogP contribution in [-0.4, -0.2) is 72.4 Å². The van der Waals surface area contributed by atoms with Gasteiger partial charge in [-0.1, -0.05) is 11.8 Å². The topological polar surface area (TPSA) is 197 Å². The highest BCUT2D eigenvalue weighted by atomic mass is 32.2. The van der Waals surface area contributed by atoms with Gasteiger partial charge in [-0.25, -0.2) is 9.78 Å². The van der Waals surface area contributed by atoms with E-state index in [-0.39, 0.29) is 16.5 Å². The summed E-state index contributed by atoms with van der Waals surface area (Å²) in [5.41, 5.74) is 14.1. The number of hydrogen-bond donors (Lipinski definition) is 6. The van der Waals surface area contributed by atoms with Gasteiger partial charge in [0.15, 0.2) is 11.2 Å². The fourth-order valence-corrected chi connectivity index (χ4v) is 7.63. The van der Waals surface area contributed by atoms with Crippen LogP contribution in [0.1, 0.15) is 17.3 Å². The summed E-state index contributed by atoms with van der Waals surface area (Å²) in [7, 11) is 0. The Morgan fingerprint density at radius 1 is 1.39 bits per heavy atom. The molecule has 0 aliphatic carbocycles. The summed E-state index contributed by atoms with van der Waals surface area (Å²) in [4.78, 5) is 48.7. The van der Waals surface area contributed by atoms with Gasteiger partial charge in [0.2, 0.25) is 5.91 Å². The number of carbonyl (C=O) groups excluding carboxylic acids is 2. The molecule has 0 aromatic carbocycles. The Balaban J connectivity index is 1.50. The van der Waals surface area contributed by atoms with E-state index >= 15 is 0 Å². The van der Waals surface area contributed by atoms with E-state index in [1.807, 2.05) is 11.5 Å². The fraction of sp³-hybridized carbons (Fsp3) is 0.350. The van der Waals surface area contributed by atoms with Crippen LogP contribution in [0.5, 0.6) is 0 Å². The van der Waals surface area contributed by atoms with E-state index in [1.54, 1.807) is 24.2 Å². The van der Waals surface area contributed by atoms with Crippen molar-refractivity contribution in [2.45, 2.75) is 28.1 Å². The number of nitrogens with zero attached hydrogens (tertiary/aromatic N) is 3. The van der Waals surface area contributed by atoms with Crippen LogP contribution in [0.15, 0.2) is 39.3 Å². The number of hydrogen-bond acceptors (Lipinski definition) is 13. The summed E-state index contributed by atoms with van der Waals surface area (Å²) in [6.45, 7) is 0.557. The number of hydroxylamine groups is 1. The maximum atomic E-state index is 13.0. The summed E-state index contributed by atoms with van der Waals surface area (Å²) in [5.74, 6) is -0.632. The first-order chi connectivity index (χ1) is 17.3. The second kappa shape index (κ2) is 11.8. The van der Waals surface area contributed by atoms with Crippen LogP contribution in [0.25, 0.3) is 0 Å². The molecule has 0 bridgehead atoms. The largest absolute Gasteiger partial charge is 0.477 e. The Kier molecular flexibility index (Phi) is 8.76. The zero-order valence-corrected chi connectivity index (χ0v) is 21.9. The SMILES string of the molecule is NCCSCc1cnccc1SC1=C(C(=O)O)N2C(=O)[C@@H](NC(=O)C(NO)c3csc(N)n3)[C@@H]2SC1. The van der Waals surface area contributed by atoms with E-state index in [9.17, 15) is 24.7 Å². The first kappa shape index (κ1) is 26.7. The summed E-state index contributed by atoms with van der Waals surface area (Å²) in [5, 5.41) is 23.2. The first-order valence-electron chi connectivity index (χ1n) is 10.6. The second-order valence-electron chi connectivity index (χ2n) is 7.57. The number of thiazole rings is 1. The van der Waals surface area contributed by atoms with Crippen LogP contribution in [0, 0.1) is 0 Å². The lowest BCUT2D eigenvalue weighted by Crippen LogP contribution is -2.71. The third-order valence-corrected chi connectivity index (χ3v) is 9.67. The highest BCUT2D eigenvalue weighted by Gasteiger charge is 2.54. The fourth-order valence-electron chi connectivity index (χ4n) is 3.62. The van der Waals surface area contributed by atoms with Crippen molar-refractivity contribution in [2.75, 3.05) is 23.8 Å². The number of nitrogens with two attached hydrogens (primary N) is 2. The van der Waals surface area contributed by atoms with E-state index in [2.05, 4.69) is 15.3 Å². The van der Waals surface area contributed by atoms with Gasteiger partial charge in [-0.3, -0.25) is 19.5 Å².